The van der Waals surface area contributed by atoms with Gasteiger partial charge in [0.05, 0.1) is 18.2 Å². The molecule has 0 radical (unpaired) electrons. The van der Waals surface area contributed by atoms with Gasteiger partial charge in [-0.15, -0.1) is 5.10 Å². The normalized spacial score (nSPS) is 24.2. The Kier molecular flexibility index (Phi) is 8.00. The number of hydrogen-bond acceptors (Lipinski definition) is 8. The zero-order chi connectivity index (χ0) is 26.9. The molecular weight excluding hydrogens is 499 g/mol. The first kappa shape index (κ1) is 27.2. The molecule has 0 bridgehead atoms. The number of rotatable bonds is 10. The number of hydrogen-bond donors (Lipinski definition) is 1. The third kappa shape index (κ3) is 5.70. The van der Waals surface area contributed by atoms with E-state index in [2.05, 4.69) is 10.3 Å². The van der Waals surface area contributed by atoms with Crippen molar-refractivity contribution >= 4 is 26.0 Å². The molecule has 4 rings (SSSR count). The lowest BCUT2D eigenvalue weighted by Gasteiger charge is -2.44. The lowest BCUT2D eigenvalue weighted by molar-refractivity contribution is -0.153. The Morgan fingerprint density at radius 2 is 2.14 bits per heavy atom. The smallest absolute Gasteiger partial charge is 0.304 e. The summed E-state index contributed by atoms with van der Waals surface area (Å²) < 4.78 is 35.0. The van der Waals surface area contributed by atoms with E-state index in [1.165, 1.54) is 11.8 Å². The highest BCUT2D eigenvalue weighted by Crippen LogP contribution is 2.48. The summed E-state index contributed by atoms with van der Waals surface area (Å²) in [7, 11) is -1.57. The molecule has 1 aromatic heterocycles. The van der Waals surface area contributed by atoms with E-state index in [1.54, 1.807) is 43.2 Å². The molecule has 2 aliphatic rings. The molecule has 0 saturated carbocycles. The maximum absolute atomic E-state index is 15.7. The molecule has 10 nitrogen and oxygen atoms in total. The molecule has 5 atom stereocenters. The van der Waals surface area contributed by atoms with E-state index in [0.29, 0.717) is 36.5 Å². The van der Waals surface area contributed by atoms with Crippen LogP contribution in [-0.4, -0.2) is 66.4 Å². The number of aliphatic hydroxyl groups excluding tert-OH is 1. The molecule has 2 aliphatic heterocycles. The molecule has 1 aromatic carbocycles. The number of methoxy groups -OCH3 is 1. The molecule has 1 N–H and O–H groups in total. The molecular formula is C25H35FN4O6Si. The minimum Gasteiger partial charge on any atom is -0.490 e. The Bertz CT molecular complexity index is 1140. The van der Waals surface area contributed by atoms with Gasteiger partial charge in [0.2, 0.25) is 14.3 Å². The van der Waals surface area contributed by atoms with Crippen molar-refractivity contribution < 1.29 is 33.0 Å². The van der Waals surface area contributed by atoms with Crippen molar-refractivity contribution in [2.75, 3.05) is 18.6 Å². The topological polar surface area (TPSA) is 116 Å². The number of β-lactam (4-membered cyclic amide) rings is 1. The van der Waals surface area contributed by atoms with E-state index in [0.717, 1.165) is 5.56 Å². The molecule has 1 amide bonds. The minimum absolute atomic E-state index is 0.00493. The monoisotopic (exact) mass is 534 g/mol. The summed E-state index contributed by atoms with van der Waals surface area (Å²) in [5.41, 5.74) is 1.72. The quantitative estimate of drug-likeness (QED) is 0.214. The number of halogens is 1. The molecule has 37 heavy (non-hydrogen) atoms. The van der Waals surface area contributed by atoms with Gasteiger partial charge in [0.1, 0.15) is 11.9 Å². The molecule has 1 fully saturated rings. The van der Waals surface area contributed by atoms with Crippen LogP contribution in [0.2, 0.25) is 18.6 Å². The number of esters is 1. The summed E-state index contributed by atoms with van der Waals surface area (Å²) in [5.74, 6) is -0.166. The fourth-order valence-electron chi connectivity index (χ4n) is 5.34. The second-order valence-electron chi connectivity index (χ2n) is 10.3. The van der Waals surface area contributed by atoms with Crippen LogP contribution in [0.15, 0.2) is 24.4 Å². The summed E-state index contributed by atoms with van der Waals surface area (Å²) in [6.45, 7) is 7.16. The fraction of sp³-hybridized carbons (Fsp3) is 0.600. The Morgan fingerprint density at radius 1 is 1.38 bits per heavy atom. The fourth-order valence-corrected chi connectivity index (χ4v) is 7.31. The van der Waals surface area contributed by atoms with Gasteiger partial charge in [0, 0.05) is 62.5 Å². The summed E-state index contributed by atoms with van der Waals surface area (Å²) in [5, 5.41) is 17.3. The second kappa shape index (κ2) is 10.9. The number of nitrogens with zero attached hydrogens (tertiary/aromatic N) is 4. The molecule has 202 valence electrons. The van der Waals surface area contributed by atoms with Crippen LogP contribution in [0.1, 0.15) is 44.1 Å². The predicted octanol–water partition coefficient (Wildman–Crippen LogP) is 3.16. The minimum atomic E-state index is -3.18. The number of fused-ring (bicyclic) bond motifs is 1. The van der Waals surface area contributed by atoms with Crippen LogP contribution in [-0.2, 0) is 32.0 Å². The molecule has 12 heteroatoms. The first-order chi connectivity index (χ1) is 17.5. The first-order valence-corrected chi connectivity index (χ1v) is 15.5. The first-order valence-electron chi connectivity index (χ1n) is 12.5. The number of amides is 1. The summed E-state index contributed by atoms with van der Waals surface area (Å²) in [6, 6.07) is 5.35. The predicted molar refractivity (Wildman–Crippen MR) is 135 cm³/mol. The highest BCUT2D eigenvalue weighted by molar-refractivity contribution is 6.72. The van der Waals surface area contributed by atoms with E-state index < -0.39 is 26.7 Å². The van der Waals surface area contributed by atoms with E-state index in [4.69, 9.17) is 19.3 Å². The number of ether oxygens (including phenoxy) is 3. The highest BCUT2D eigenvalue weighted by Gasteiger charge is 2.48. The van der Waals surface area contributed by atoms with E-state index >= 15 is 4.11 Å². The maximum Gasteiger partial charge on any atom is 0.304 e. The van der Waals surface area contributed by atoms with Crippen LogP contribution in [0.4, 0.5) is 9.80 Å². The van der Waals surface area contributed by atoms with E-state index in [1.807, 2.05) is 13.0 Å². The van der Waals surface area contributed by atoms with Gasteiger partial charge in [0.25, 0.3) is 0 Å². The Labute approximate surface area is 216 Å². The number of aliphatic hydroxyl groups is 1. The molecule has 0 spiro atoms. The van der Waals surface area contributed by atoms with Crippen LogP contribution in [0.25, 0.3) is 0 Å². The Balaban J connectivity index is 1.57. The van der Waals surface area contributed by atoms with Crippen molar-refractivity contribution in [1.29, 1.82) is 0 Å². The maximum atomic E-state index is 15.7. The number of carbonyl (C=O) groups is 2. The lowest BCUT2D eigenvalue weighted by Crippen LogP contribution is -2.55. The number of aromatic nitrogens is 3. The zero-order valence-electron chi connectivity index (χ0n) is 21.9. The molecule has 1 saturated heterocycles. The number of anilines is 1. The molecule has 2 unspecified atom stereocenters. The molecule has 2 aromatic rings. The molecule has 0 aliphatic carbocycles. The van der Waals surface area contributed by atoms with Crippen LogP contribution in [0, 0.1) is 5.92 Å². The largest absolute Gasteiger partial charge is 0.490 e. The third-order valence-electron chi connectivity index (χ3n) is 7.20. The van der Waals surface area contributed by atoms with Crippen molar-refractivity contribution in [2.24, 2.45) is 5.92 Å². The van der Waals surface area contributed by atoms with Crippen molar-refractivity contribution in [2.45, 2.75) is 76.7 Å². The summed E-state index contributed by atoms with van der Waals surface area (Å²) >= 11 is 0. The van der Waals surface area contributed by atoms with Gasteiger partial charge in [-0.05, 0) is 37.7 Å². The molecule has 3 heterocycles. The van der Waals surface area contributed by atoms with E-state index in [9.17, 15) is 9.59 Å². The van der Waals surface area contributed by atoms with Gasteiger partial charge in [0.15, 0.2) is 6.23 Å². The van der Waals surface area contributed by atoms with Crippen molar-refractivity contribution in [3.63, 3.8) is 0 Å². The number of aryl methyl sites for hydroxylation is 1. The van der Waals surface area contributed by atoms with Gasteiger partial charge in [-0.2, -0.15) is 0 Å². The number of benzene rings is 1. The van der Waals surface area contributed by atoms with Crippen molar-refractivity contribution in [3.8, 4) is 5.75 Å². The van der Waals surface area contributed by atoms with Crippen LogP contribution in [0.3, 0.4) is 0 Å². The average molecular weight is 535 g/mol. The van der Waals surface area contributed by atoms with Crippen LogP contribution < -0.4 is 9.64 Å². The third-order valence-corrected chi connectivity index (χ3v) is 9.58. The summed E-state index contributed by atoms with van der Waals surface area (Å²) in [4.78, 5) is 25.2. The summed E-state index contributed by atoms with van der Waals surface area (Å²) in [6.07, 6.45) is 1.44. The van der Waals surface area contributed by atoms with Gasteiger partial charge in [-0.3, -0.25) is 19.2 Å². The van der Waals surface area contributed by atoms with Crippen molar-refractivity contribution in [1.82, 2.24) is 15.0 Å². The SMILES string of the molecule is CO[C@@H]1c2cc(N3C(=O)CC3OC(C)=O)ccc2O[C@H](C(CCn2cc(CCO)nn2)[Si](C)(C)F)[C@H]1C. The van der Waals surface area contributed by atoms with Crippen molar-refractivity contribution in [3.05, 3.63) is 35.7 Å². The Hall–Kier alpha value is -2.83. The van der Waals surface area contributed by atoms with Gasteiger partial charge in [-0.1, -0.05) is 12.1 Å². The van der Waals surface area contributed by atoms with Gasteiger partial charge in [-0.25, -0.2) is 0 Å². The second-order valence-corrected chi connectivity index (χ2v) is 14.1. The standard InChI is InChI=1S/C25H35FN4O6Si/c1-15-24(34-3)19-12-18(30-22(33)13-23(30)35-16(2)32)6-7-20(19)36-25(15)21(37(4,5)26)8-10-29-14-17(9-11-31)27-28-29/h6-7,12,14-15,21,23-25,31H,8-11,13H2,1-5H3/t15-,21?,23?,24-,25-/m0/s1. The van der Waals surface area contributed by atoms with Crippen LogP contribution >= 0.6 is 0 Å². The zero-order valence-corrected chi connectivity index (χ0v) is 22.9. The average Bonchev–Trinajstić information content (AvgIpc) is 3.25. The van der Waals surface area contributed by atoms with Gasteiger partial charge >= 0.3 is 5.97 Å². The van der Waals surface area contributed by atoms with Crippen LogP contribution in [0.5, 0.6) is 5.75 Å². The van der Waals surface area contributed by atoms with E-state index in [-0.39, 0.29) is 36.5 Å². The number of carbonyl (C=O) groups excluding carboxylic acids is 2. The van der Waals surface area contributed by atoms with Gasteiger partial charge < -0.3 is 23.4 Å². The Morgan fingerprint density at radius 3 is 2.76 bits per heavy atom. The lowest BCUT2D eigenvalue weighted by atomic mass is 9.86. The highest BCUT2D eigenvalue weighted by atomic mass is 28.4.